The van der Waals surface area contributed by atoms with Gasteiger partial charge in [0.15, 0.2) is 0 Å². The Morgan fingerprint density at radius 1 is 1.25 bits per heavy atom. The van der Waals surface area contributed by atoms with E-state index in [-0.39, 0.29) is 30.3 Å². The largest absolute Gasteiger partial charge is 0.347 e. The van der Waals surface area contributed by atoms with Crippen molar-refractivity contribution in [1.29, 1.82) is 0 Å². The Hall–Kier alpha value is -1.10. The molecule has 3 atom stereocenters. The number of hydrogen-bond donors (Lipinski definition) is 1. The SMILES string of the molecule is CCCN(CC(=O)N(C)C)C(=O)C1CC(N)CCC1C. The molecule has 1 aliphatic rings. The minimum atomic E-state index is -0.0282. The van der Waals surface area contributed by atoms with Crippen molar-refractivity contribution in [1.82, 2.24) is 9.80 Å². The monoisotopic (exact) mass is 283 g/mol. The molecular formula is C15H29N3O2. The molecular weight excluding hydrogens is 254 g/mol. The van der Waals surface area contributed by atoms with E-state index in [2.05, 4.69) is 6.92 Å². The van der Waals surface area contributed by atoms with E-state index in [1.807, 2.05) is 6.92 Å². The first-order chi connectivity index (χ1) is 9.36. The molecule has 116 valence electrons. The molecule has 5 heteroatoms. The number of carbonyl (C=O) groups excluding carboxylic acids is 2. The molecule has 1 saturated carbocycles. The molecule has 0 heterocycles. The van der Waals surface area contributed by atoms with Gasteiger partial charge in [0.25, 0.3) is 0 Å². The van der Waals surface area contributed by atoms with Crippen molar-refractivity contribution >= 4 is 11.8 Å². The van der Waals surface area contributed by atoms with Crippen molar-refractivity contribution in [2.24, 2.45) is 17.6 Å². The molecule has 3 unspecified atom stereocenters. The Bertz CT molecular complexity index is 344. The molecule has 0 spiro atoms. The highest BCUT2D eigenvalue weighted by Crippen LogP contribution is 2.30. The predicted molar refractivity (Wildman–Crippen MR) is 80.0 cm³/mol. The summed E-state index contributed by atoms with van der Waals surface area (Å²) in [7, 11) is 3.44. The maximum Gasteiger partial charge on any atom is 0.241 e. The summed E-state index contributed by atoms with van der Waals surface area (Å²) in [6.45, 7) is 4.96. The van der Waals surface area contributed by atoms with E-state index in [0.29, 0.717) is 12.5 Å². The van der Waals surface area contributed by atoms with Gasteiger partial charge < -0.3 is 15.5 Å². The zero-order valence-electron chi connectivity index (χ0n) is 13.3. The maximum absolute atomic E-state index is 12.7. The number of hydrogen-bond acceptors (Lipinski definition) is 3. The van der Waals surface area contributed by atoms with E-state index >= 15 is 0 Å². The highest BCUT2D eigenvalue weighted by molar-refractivity contribution is 5.86. The third-order valence-corrected chi connectivity index (χ3v) is 4.18. The summed E-state index contributed by atoms with van der Waals surface area (Å²) < 4.78 is 0. The van der Waals surface area contributed by atoms with Gasteiger partial charge in [-0.3, -0.25) is 9.59 Å². The lowest BCUT2D eigenvalue weighted by Gasteiger charge is -2.35. The molecule has 0 radical (unpaired) electrons. The third-order valence-electron chi connectivity index (χ3n) is 4.18. The molecule has 0 aromatic rings. The molecule has 2 N–H and O–H groups in total. The fourth-order valence-corrected chi connectivity index (χ4v) is 2.77. The lowest BCUT2D eigenvalue weighted by atomic mass is 9.77. The van der Waals surface area contributed by atoms with Gasteiger partial charge in [-0.15, -0.1) is 0 Å². The fraction of sp³-hybridized carbons (Fsp3) is 0.867. The summed E-state index contributed by atoms with van der Waals surface area (Å²) in [4.78, 5) is 27.8. The van der Waals surface area contributed by atoms with E-state index < -0.39 is 0 Å². The van der Waals surface area contributed by atoms with Gasteiger partial charge in [-0.2, -0.15) is 0 Å². The highest BCUT2D eigenvalue weighted by Gasteiger charge is 2.34. The summed E-state index contributed by atoms with van der Waals surface area (Å²) in [6, 6.07) is 0.119. The summed E-state index contributed by atoms with van der Waals surface area (Å²) in [6.07, 6.45) is 3.60. The third kappa shape index (κ3) is 4.47. The molecule has 0 aromatic carbocycles. The van der Waals surface area contributed by atoms with Crippen LogP contribution in [0.25, 0.3) is 0 Å². The molecule has 5 nitrogen and oxygen atoms in total. The van der Waals surface area contributed by atoms with Crippen LogP contribution in [0.2, 0.25) is 0 Å². The lowest BCUT2D eigenvalue weighted by molar-refractivity contribution is -0.144. The topological polar surface area (TPSA) is 66.6 Å². The van der Waals surface area contributed by atoms with Crippen molar-refractivity contribution in [3.05, 3.63) is 0 Å². The van der Waals surface area contributed by atoms with Crippen LogP contribution in [-0.4, -0.2) is 54.8 Å². The summed E-state index contributed by atoms with van der Waals surface area (Å²) >= 11 is 0. The standard InChI is InChI=1S/C15H29N3O2/c1-5-8-18(10-14(19)17(3)4)15(20)13-9-12(16)7-6-11(13)2/h11-13H,5-10,16H2,1-4H3. The number of nitrogens with zero attached hydrogens (tertiary/aromatic N) is 2. The molecule has 1 fully saturated rings. The Balaban J connectivity index is 2.74. The van der Waals surface area contributed by atoms with Gasteiger partial charge >= 0.3 is 0 Å². The van der Waals surface area contributed by atoms with Crippen LogP contribution in [0.4, 0.5) is 0 Å². The Morgan fingerprint density at radius 3 is 2.45 bits per heavy atom. The van der Waals surface area contributed by atoms with Crippen molar-refractivity contribution in [3.63, 3.8) is 0 Å². The second-order valence-electron chi connectivity index (χ2n) is 6.20. The quantitative estimate of drug-likeness (QED) is 0.821. The molecule has 1 aliphatic carbocycles. The minimum absolute atomic E-state index is 0.0275. The molecule has 0 aliphatic heterocycles. The average molecular weight is 283 g/mol. The van der Waals surface area contributed by atoms with Crippen LogP contribution in [0.5, 0.6) is 0 Å². The van der Waals surface area contributed by atoms with Gasteiger partial charge in [-0.05, 0) is 31.6 Å². The minimum Gasteiger partial charge on any atom is -0.347 e. The number of rotatable bonds is 5. The van der Waals surface area contributed by atoms with Gasteiger partial charge in [0, 0.05) is 32.6 Å². The second kappa shape index (κ2) is 7.62. The van der Waals surface area contributed by atoms with Crippen molar-refractivity contribution < 1.29 is 9.59 Å². The molecule has 2 amide bonds. The van der Waals surface area contributed by atoms with E-state index in [0.717, 1.165) is 25.7 Å². The molecule has 0 aromatic heterocycles. The van der Waals surface area contributed by atoms with Crippen LogP contribution >= 0.6 is 0 Å². The molecule has 0 bridgehead atoms. The molecule has 1 rings (SSSR count). The van der Waals surface area contributed by atoms with Gasteiger partial charge in [0.05, 0.1) is 6.54 Å². The maximum atomic E-state index is 12.7. The highest BCUT2D eigenvalue weighted by atomic mass is 16.2. The van der Waals surface area contributed by atoms with Crippen molar-refractivity contribution in [2.75, 3.05) is 27.2 Å². The van der Waals surface area contributed by atoms with E-state index in [1.165, 1.54) is 4.90 Å². The van der Waals surface area contributed by atoms with Crippen molar-refractivity contribution in [3.8, 4) is 0 Å². The fourth-order valence-electron chi connectivity index (χ4n) is 2.77. The number of nitrogens with two attached hydrogens (primary N) is 1. The van der Waals surface area contributed by atoms with Crippen LogP contribution < -0.4 is 5.73 Å². The predicted octanol–water partition coefficient (Wildman–Crippen LogP) is 1.08. The lowest BCUT2D eigenvalue weighted by Crippen LogP contribution is -2.47. The first-order valence-electron chi connectivity index (χ1n) is 7.61. The van der Waals surface area contributed by atoms with Gasteiger partial charge in [0.2, 0.25) is 11.8 Å². The summed E-state index contributed by atoms with van der Waals surface area (Å²) in [5, 5.41) is 0. The Morgan fingerprint density at radius 2 is 1.90 bits per heavy atom. The number of amides is 2. The zero-order chi connectivity index (χ0) is 15.3. The normalized spacial score (nSPS) is 26.1. The number of carbonyl (C=O) groups is 2. The first-order valence-corrected chi connectivity index (χ1v) is 7.61. The first kappa shape index (κ1) is 17.0. The second-order valence-corrected chi connectivity index (χ2v) is 6.20. The van der Waals surface area contributed by atoms with E-state index in [4.69, 9.17) is 5.73 Å². The smallest absolute Gasteiger partial charge is 0.241 e. The van der Waals surface area contributed by atoms with Gasteiger partial charge in [0.1, 0.15) is 0 Å². The van der Waals surface area contributed by atoms with Gasteiger partial charge in [-0.1, -0.05) is 13.8 Å². The van der Waals surface area contributed by atoms with Crippen LogP contribution in [0.3, 0.4) is 0 Å². The van der Waals surface area contributed by atoms with Crippen molar-refractivity contribution in [2.45, 2.75) is 45.6 Å². The van der Waals surface area contributed by atoms with E-state index in [9.17, 15) is 9.59 Å². The Labute approximate surface area is 122 Å². The zero-order valence-corrected chi connectivity index (χ0v) is 13.3. The average Bonchev–Trinajstić information content (AvgIpc) is 2.40. The van der Waals surface area contributed by atoms with Crippen LogP contribution in [0.15, 0.2) is 0 Å². The van der Waals surface area contributed by atoms with E-state index in [1.54, 1.807) is 19.0 Å². The van der Waals surface area contributed by atoms with Crippen LogP contribution in [0, 0.1) is 11.8 Å². The molecule has 20 heavy (non-hydrogen) atoms. The number of likely N-dealkylation sites (N-methyl/N-ethyl adjacent to an activating group) is 1. The summed E-state index contributed by atoms with van der Waals surface area (Å²) in [5.41, 5.74) is 6.00. The summed E-state index contributed by atoms with van der Waals surface area (Å²) in [5.74, 6) is 0.403. The van der Waals surface area contributed by atoms with Gasteiger partial charge in [-0.25, -0.2) is 0 Å². The molecule has 0 saturated heterocycles. The Kier molecular flexibility index (Phi) is 6.46. The van der Waals surface area contributed by atoms with Crippen LogP contribution in [0.1, 0.15) is 39.5 Å². The van der Waals surface area contributed by atoms with Crippen LogP contribution in [-0.2, 0) is 9.59 Å².